The van der Waals surface area contributed by atoms with Gasteiger partial charge in [-0.2, -0.15) is 5.26 Å². The predicted octanol–water partition coefficient (Wildman–Crippen LogP) is 2.01. The molecule has 0 aliphatic rings. The van der Waals surface area contributed by atoms with Crippen LogP contribution in [0.3, 0.4) is 0 Å². The molecule has 0 amide bonds. The number of hydrogen-bond donors (Lipinski definition) is 1. The van der Waals surface area contributed by atoms with Gasteiger partial charge < -0.3 is 10.1 Å². The Morgan fingerprint density at radius 2 is 2.36 bits per heavy atom. The number of nitrogens with zero attached hydrogens (tertiary/aromatic N) is 1. The van der Waals surface area contributed by atoms with Crippen molar-refractivity contribution in [2.24, 2.45) is 0 Å². The van der Waals surface area contributed by atoms with E-state index >= 15 is 0 Å². The monoisotopic (exact) mass is 190 g/mol. The van der Waals surface area contributed by atoms with Crippen LogP contribution in [0.4, 0.5) is 5.69 Å². The van der Waals surface area contributed by atoms with Crippen LogP contribution in [0.2, 0.25) is 0 Å². The molecule has 1 aromatic rings. The van der Waals surface area contributed by atoms with Gasteiger partial charge in [0.05, 0.1) is 11.6 Å². The number of nitriles is 1. The second kappa shape index (κ2) is 6.01. The molecule has 1 N–H and O–H groups in total. The Bertz CT molecular complexity index is 317. The molecule has 74 valence electrons. The smallest absolute Gasteiger partial charge is 0.0992 e. The van der Waals surface area contributed by atoms with Gasteiger partial charge in [-0.1, -0.05) is 6.07 Å². The van der Waals surface area contributed by atoms with Crippen molar-refractivity contribution in [3.63, 3.8) is 0 Å². The molecule has 0 heterocycles. The molecule has 14 heavy (non-hydrogen) atoms. The highest BCUT2D eigenvalue weighted by atomic mass is 16.5. The molecule has 3 heteroatoms. The van der Waals surface area contributed by atoms with Crippen molar-refractivity contribution in [3.8, 4) is 6.07 Å². The third-order valence-electron chi connectivity index (χ3n) is 1.85. The number of rotatable bonds is 5. The molecule has 0 bridgehead atoms. The minimum Gasteiger partial charge on any atom is -0.385 e. The summed E-state index contributed by atoms with van der Waals surface area (Å²) < 4.78 is 4.93. The quantitative estimate of drug-likeness (QED) is 0.722. The summed E-state index contributed by atoms with van der Waals surface area (Å²) in [6, 6.07) is 9.56. The number of anilines is 1. The minimum absolute atomic E-state index is 0.682. The summed E-state index contributed by atoms with van der Waals surface area (Å²) in [5.41, 5.74) is 1.67. The van der Waals surface area contributed by atoms with Gasteiger partial charge in [-0.3, -0.25) is 0 Å². The standard InChI is InChI=1S/C11H14N2O/c1-14-7-3-6-13-11-5-2-4-10(8-11)9-12/h2,4-5,8,13H,3,6-7H2,1H3. The fourth-order valence-corrected chi connectivity index (χ4v) is 1.15. The average Bonchev–Trinajstić information content (AvgIpc) is 2.25. The van der Waals surface area contributed by atoms with Crippen LogP contribution >= 0.6 is 0 Å². The lowest BCUT2D eigenvalue weighted by Gasteiger charge is -2.05. The van der Waals surface area contributed by atoms with Crippen LogP contribution in [0.1, 0.15) is 12.0 Å². The third kappa shape index (κ3) is 3.46. The van der Waals surface area contributed by atoms with Gasteiger partial charge in [0, 0.05) is 25.9 Å². The fourth-order valence-electron chi connectivity index (χ4n) is 1.15. The van der Waals surface area contributed by atoms with Crippen LogP contribution in [0, 0.1) is 11.3 Å². The molecule has 1 rings (SSSR count). The first-order valence-corrected chi connectivity index (χ1v) is 4.60. The first-order valence-electron chi connectivity index (χ1n) is 4.60. The van der Waals surface area contributed by atoms with Crippen LogP contribution in [-0.4, -0.2) is 20.3 Å². The summed E-state index contributed by atoms with van der Waals surface area (Å²) in [5, 5.41) is 11.9. The first-order chi connectivity index (χ1) is 6.86. The van der Waals surface area contributed by atoms with Crippen molar-refractivity contribution in [2.75, 3.05) is 25.6 Å². The Kier molecular flexibility index (Phi) is 4.53. The summed E-state index contributed by atoms with van der Waals surface area (Å²) in [7, 11) is 1.69. The largest absolute Gasteiger partial charge is 0.385 e. The topological polar surface area (TPSA) is 45.0 Å². The van der Waals surface area contributed by atoms with Gasteiger partial charge in [-0.05, 0) is 24.6 Å². The maximum absolute atomic E-state index is 8.67. The SMILES string of the molecule is COCCCNc1cccc(C#N)c1. The molecule has 0 aliphatic carbocycles. The van der Waals surface area contributed by atoms with Crippen LogP contribution in [-0.2, 0) is 4.74 Å². The highest BCUT2D eigenvalue weighted by Gasteiger charge is 1.93. The zero-order valence-electron chi connectivity index (χ0n) is 8.29. The maximum atomic E-state index is 8.67. The summed E-state index contributed by atoms with van der Waals surface area (Å²) in [6.45, 7) is 1.62. The summed E-state index contributed by atoms with van der Waals surface area (Å²) in [6.07, 6.45) is 0.966. The Morgan fingerprint density at radius 3 is 3.07 bits per heavy atom. The highest BCUT2D eigenvalue weighted by Crippen LogP contribution is 2.09. The zero-order valence-corrected chi connectivity index (χ0v) is 8.29. The van der Waals surface area contributed by atoms with Gasteiger partial charge in [0.1, 0.15) is 0 Å². The Labute approximate surface area is 84.3 Å². The number of methoxy groups -OCH3 is 1. The van der Waals surface area contributed by atoms with E-state index in [1.807, 2.05) is 18.2 Å². The van der Waals surface area contributed by atoms with E-state index in [2.05, 4.69) is 11.4 Å². The van der Waals surface area contributed by atoms with Crippen molar-refractivity contribution in [1.29, 1.82) is 5.26 Å². The van der Waals surface area contributed by atoms with E-state index in [0.717, 1.165) is 25.3 Å². The minimum atomic E-state index is 0.682. The molecule has 0 saturated heterocycles. The van der Waals surface area contributed by atoms with Crippen molar-refractivity contribution in [2.45, 2.75) is 6.42 Å². The van der Waals surface area contributed by atoms with E-state index in [1.165, 1.54) is 0 Å². The van der Waals surface area contributed by atoms with Crippen molar-refractivity contribution >= 4 is 5.69 Å². The zero-order chi connectivity index (χ0) is 10.2. The van der Waals surface area contributed by atoms with Gasteiger partial charge in [-0.25, -0.2) is 0 Å². The van der Waals surface area contributed by atoms with Gasteiger partial charge in [-0.15, -0.1) is 0 Å². The van der Waals surface area contributed by atoms with Crippen LogP contribution in [0.15, 0.2) is 24.3 Å². The van der Waals surface area contributed by atoms with E-state index in [-0.39, 0.29) is 0 Å². The molecule has 1 aromatic carbocycles. The molecule has 0 saturated carbocycles. The molecule has 0 aromatic heterocycles. The summed E-state index contributed by atoms with van der Waals surface area (Å²) in [5.74, 6) is 0. The van der Waals surface area contributed by atoms with Gasteiger partial charge in [0.2, 0.25) is 0 Å². The lowest BCUT2D eigenvalue weighted by molar-refractivity contribution is 0.198. The van der Waals surface area contributed by atoms with Gasteiger partial charge in [0.25, 0.3) is 0 Å². The third-order valence-corrected chi connectivity index (χ3v) is 1.85. The lowest BCUT2D eigenvalue weighted by Crippen LogP contribution is -2.04. The molecule has 0 unspecified atom stereocenters. The van der Waals surface area contributed by atoms with Crippen LogP contribution in [0.5, 0.6) is 0 Å². The fraction of sp³-hybridized carbons (Fsp3) is 0.364. The van der Waals surface area contributed by atoms with Crippen molar-refractivity contribution in [3.05, 3.63) is 29.8 Å². The summed E-state index contributed by atoms with van der Waals surface area (Å²) >= 11 is 0. The number of ether oxygens (including phenoxy) is 1. The molecular weight excluding hydrogens is 176 g/mol. The number of nitrogens with one attached hydrogen (secondary N) is 1. The van der Waals surface area contributed by atoms with Crippen LogP contribution in [0.25, 0.3) is 0 Å². The molecule has 0 fully saturated rings. The van der Waals surface area contributed by atoms with Crippen molar-refractivity contribution in [1.82, 2.24) is 0 Å². The van der Waals surface area contributed by atoms with Gasteiger partial charge >= 0.3 is 0 Å². The Hall–Kier alpha value is -1.53. The molecule has 0 atom stereocenters. The predicted molar refractivity (Wildman–Crippen MR) is 56.1 cm³/mol. The average molecular weight is 190 g/mol. The molecule has 0 spiro atoms. The second-order valence-electron chi connectivity index (χ2n) is 2.97. The van der Waals surface area contributed by atoms with E-state index in [9.17, 15) is 0 Å². The van der Waals surface area contributed by atoms with E-state index in [4.69, 9.17) is 10.00 Å². The van der Waals surface area contributed by atoms with Crippen LogP contribution < -0.4 is 5.32 Å². The maximum Gasteiger partial charge on any atom is 0.0992 e. The summed E-state index contributed by atoms with van der Waals surface area (Å²) in [4.78, 5) is 0. The lowest BCUT2D eigenvalue weighted by atomic mass is 10.2. The Morgan fingerprint density at radius 1 is 1.50 bits per heavy atom. The van der Waals surface area contributed by atoms with Gasteiger partial charge in [0.15, 0.2) is 0 Å². The molecule has 0 radical (unpaired) electrons. The van der Waals surface area contributed by atoms with E-state index in [1.54, 1.807) is 13.2 Å². The number of benzene rings is 1. The number of hydrogen-bond acceptors (Lipinski definition) is 3. The molecule has 3 nitrogen and oxygen atoms in total. The molecule has 0 aliphatic heterocycles. The second-order valence-corrected chi connectivity index (χ2v) is 2.97. The normalized spacial score (nSPS) is 9.43. The Balaban J connectivity index is 2.39. The van der Waals surface area contributed by atoms with Crippen molar-refractivity contribution < 1.29 is 4.74 Å². The highest BCUT2D eigenvalue weighted by molar-refractivity contribution is 5.48. The van der Waals surface area contributed by atoms with E-state index in [0.29, 0.717) is 5.56 Å². The molecular formula is C11H14N2O. The first kappa shape index (κ1) is 10.6. The van der Waals surface area contributed by atoms with E-state index < -0.39 is 0 Å².